The first-order chi connectivity index (χ1) is 11.1. The Labute approximate surface area is 140 Å². The van der Waals surface area contributed by atoms with E-state index in [-0.39, 0.29) is 0 Å². The van der Waals surface area contributed by atoms with Crippen LogP contribution < -0.4 is 10.2 Å². The Morgan fingerprint density at radius 2 is 2.09 bits per heavy atom. The number of piperidine rings is 1. The van der Waals surface area contributed by atoms with Crippen molar-refractivity contribution in [1.29, 1.82) is 0 Å². The predicted molar refractivity (Wildman–Crippen MR) is 92.3 cm³/mol. The number of rotatable bonds is 4. The number of hydrogen-bond donors (Lipinski definition) is 2. The second-order valence-corrected chi connectivity index (χ2v) is 6.38. The zero-order chi connectivity index (χ0) is 16.2. The number of carboxylic acid groups (broad SMARTS) is 1. The van der Waals surface area contributed by atoms with Gasteiger partial charge in [-0.2, -0.15) is 0 Å². The summed E-state index contributed by atoms with van der Waals surface area (Å²) in [7, 11) is 0. The highest BCUT2D eigenvalue weighted by molar-refractivity contribution is 6.30. The van der Waals surface area contributed by atoms with Gasteiger partial charge >= 0.3 is 6.09 Å². The van der Waals surface area contributed by atoms with Crippen molar-refractivity contribution in [3.05, 3.63) is 35.6 Å². The number of nitrogens with one attached hydrogen (secondary N) is 1. The zero-order valence-electron chi connectivity index (χ0n) is 12.8. The molecule has 0 bridgehead atoms. The third kappa shape index (κ3) is 4.05. The second-order valence-electron chi connectivity index (χ2n) is 5.99. The summed E-state index contributed by atoms with van der Waals surface area (Å²) in [5, 5.41) is 13.8. The molecule has 23 heavy (non-hydrogen) atoms. The number of hydrogen-bond acceptors (Lipinski definition) is 3. The molecule has 0 radical (unpaired) electrons. The third-order valence-corrected chi connectivity index (χ3v) is 4.69. The van der Waals surface area contributed by atoms with E-state index in [1.807, 2.05) is 6.07 Å². The van der Waals surface area contributed by atoms with Gasteiger partial charge in [0, 0.05) is 36.9 Å². The minimum absolute atomic E-state index is 0.513. The summed E-state index contributed by atoms with van der Waals surface area (Å²) >= 11 is 5.97. The molecule has 2 aromatic rings. The number of aromatic nitrogens is 1. The second kappa shape index (κ2) is 7.04. The van der Waals surface area contributed by atoms with Crippen LogP contribution in [0, 0.1) is 5.92 Å². The van der Waals surface area contributed by atoms with E-state index in [9.17, 15) is 4.79 Å². The number of halogens is 1. The lowest BCUT2D eigenvalue weighted by atomic mass is 9.93. The van der Waals surface area contributed by atoms with E-state index in [1.165, 1.54) is 5.69 Å². The first kappa shape index (κ1) is 15.9. The number of benzene rings is 1. The van der Waals surface area contributed by atoms with Crippen LogP contribution in [-0.2, 0) is 0 Å². The molecule has 1 saturated heterocycles. The Hall–Kier alpha value is -2.01. The first-order valence-corrected chi connectivity index (χ1v) is 8.26. The summed E-state index contributed by atoms with van der Waals surface area (Å²) in [6.07, 6.45) is 3.96. The van der Waals surface area contributed by atoms with Gasteiger partial charge in [-0.1, -0.05) is 17.7 Å². The molecule has 5 nitrogen and oxygen atoms in total. The lowest BCUT2D eigenvalue weighted by Crippen LogP contribution is -2.35. The fourth-order valence-corrected chi connectivity index (χ4v) is 3.33. The van der Waals surface area contributed by atoms with Crippen molar-refractivity contribution in [2.45, 2.75) is 19.3 Å². The molecule has 6 heteroatoms. The molecule has 1 aliphatic heterocycles. The van der Waals surface area contributed by atoms with Crippen LogP contribution in [0.2, 0.25) is 5.15 Å². The van der Waals surface area contributed by atoms with Crippen LogP contribution in [0.25, 0.3) is 10.8 Å². The molecular weight excluding hydrogens is 314 g/mol. The Morgan fingerprint density at radius 3 is 2.83 bits per heavy atom. The monoisotopic (exact) mass is 333 g/mol. The number of fused-ring (bicyclic) bond motifs is 1. The van der Waals surface area contributed by atoms with E-state index in [1.54, 1.807) is 6.20 Å². The molecule has 1 aliphatic rings. The van der Waals surface area contributed by atoms with E-state index < -0.39 is 6.09 Å². The number of nitrogens with zero attached hydrogens (tertiary/aromatic N) is 2. The van der Waals surface area contributed by atoms with Crippen LogP contribution in [-0.4, -0.2) is 35.8 Å². The Morgan fingerprint density at radius 1 is 1.30 bits per heavy atom. The molecule has 2 heterocycles. The lowest BCUT2D eigenvalue weighted by molar-refractivity contribution is 0.193. The van der Waals surface area contributed by atoms with Crippen molar-refractivity contribution in [1.82, 2.24) is 10.3 Å². The van der Waals surface area contributed by atoms with Gasteiger partial charge in [-0.25, -0.2) is 9.78 Å². The van der Waals surface area contributed by atoms with Gasteiger partial charge in [-0.05, 0) is 48.8 Å². The summed E-state index contributed by atoms with van der Waals surface area (Å²) < 4.78 is 0. The molecule has 1 amide bonds. The summed E-state index contributed by atoms with van der Waals surface area (Å²) in [4.78, 5) is 17.0. The average Bonchev–Trinajstić information content (AvgIpc) is 2.54. The van der Waals surface area contributed by atoms with Gasteiger partial charge in [0.15, 0.2) is 0 Å². The van der Waals surface area contributed by atoms with Crippen LogP contribution >= 0.6 is 11.6 Å². The predicted octanol–water partition coefficient (Wildman–Crippen LogP) is 3.76. The van der Waals surface area contributed by atoms with Gasteiger partial charge in [-0.15, -0.1) is 0 Å². The molecule has 0 aliphatic carbocycles. The zero-order valence-corrected chi connectivity index (χ0v) is 13.6. The normalized spacial score (nSPS) is 15.8. The minimum Gasteiger partial charge on any atom is -0.465 e. The molecule has 0 saturated carbocycles. The van der Waals surface area contributed by atoms with Crippen LogP contribution in [0.4, 0.5) is 10.5 Å². The van der Waals surface area contributed by atoms with Gasteiger partial charge in [0.2, 0.25) is 0 Å². The number of carbonyl (C=O) groups is 1. The van der Waals surface area contributed by atoms with Crippen LogP contribution in [0.15, 0.2) is 30.5 Å². The van der Waals surface area contributed by atoms with E-state index in [0.29, 0.717) is 17.6 Å². The van der Waals surface area contributed by atoms with Crippen molar-refractivity contribution in [3.63, 3.8) is 0 Å². The lowest BCUT2D eigenvalue weighted by Gasteiger charge is -2.33. The molecule has 1 fully saturated rings. The largest absolute Gasteiger partial charge is 0.465 e. The van der Waals surface area contributed by atoms with E-state index in [0.717, 1.165) is 43.1 Å². The molecular formula is C17H20ClN3O2. The number of pyridine rings is 1. The molecule has 1 aromatic carbocycles. The van der Waals surface area contributed by atoms with Crippen molar-refractivity contribution in [2.24, 2.45) is 5.92 Å². The molecule has 0 atom stereocenters. The van der Waals surface area contributed by atoms with Crippen LogP contribution in [0.1, 0.15) is 19.3 Å². The van der Waals surface area contributed by atoms with E-state index in [2.05, 4.69) is 33.4 Å². The van der Waals surface area contributed by atoms with Crippen molar-refractivity contribution < 1.29 is 9.90 Å². The molecule has 1 aromatic heterocycles. The fourth-order valence-electron chi connectivity index (χ4n) is 3.16. The van der Waals surface area contributed by atoms with Crippen LogP contribution in [0.5, 0.6) is 0 Å². The van der Waals surface area contributed by atoms with Gasteiger partial charge in [0.25, 0.3) is 0 Å². The standard InChI is InChI=1S/C17H20ClN3O2/c18-16-10-14-9-15(2-1-13(14)11-20-16)21-7-4-12(5-8-21)3-6-19-17(22)23/h1-2,9-12,19H,3-8H2,(H,22,23). The topological polar surface area (TPSA) is 65.5 Å². The first-order valence-electron chi connectivity index (χ1n) is 7.89. The van der Waals surface area contributed by atoms with Gasteiger partial charge in [0.05, 0.1) is 0 Å². The quantitative estimate of drug-likeness (QED) is 0.836. The molecule has 122 valence electrons. The van der Waals surface area contributed by atoms with Gasteiger partial charge < -0.3 is 15.3 Å². The molecule has 0 spiro atoms. The number of amides is 1. The minimum atomic E-state index is -0.938. The van der Waals surface area contributed by atoms with Gasteiger partial charge in [0.1, 0.15) is 5.15 Å². The summed E-state index contributed by atoms with van der Waals surface area (Å²) in [6.45, 7) is 2.55. The maximum absolute atomic E-state index is 10.5. The average molecular weight is 334 g/mol. The highest BCUT2D eigenvalue weighted by Crippen LogP contribution is 2.28. The molecule has 2 N–H and O–H groups in total. The molecule has 0 unspecified atom stereocenters. The van der Waals surface area contributed by atoms with E-state index in [4.69, 9.17) is 16.7 Å². The van der Waals surface area contributed by atoms with Crippen LogP contribution in [0.3, 0.4) is 0 Å². The Bertz CT molecular complexity index is 699. The summed E-state index contributed by atoms with van der Waals surface area (Å²) in [6, 6.07) is 8.26. The summed E-state index contributed by atoms with van der Waals surface area (Å²) in [5.41, 5.74) is 1.21. The highest BCUT2D eigenvalue weighted by Gasteiger charge is 2.19. The summed E-state index contributed by atoms with van der Waals surface area (Å²) in [5.74, 6) is 0.595. The van der Waals surface area contributed by atoms with E-state index >= 15 is 0 Å². The van der Waals surface area contributed by atoms with Crippen molar-refractivity contribution in [2.75, 3.05) is 24.5 Å². The SMILES string of the molecule is O=C(O)NCCC1CCN(c2ccc3cnc(Cl)cc3c2)CC1. The highest BCUT2D eigenvalue weighted by atomic mass is 35.5. The van der Waals surface area contributed by atoms with Gasteiger partial charge in [-0.3, -0.25) is 0 Å². The third-order valence-electron chi connectivity index (χ3n) is 4.48. The maximum atomic E-state index is 10.5. The Balaban J connectivity index is 1.60. The van der Waals surface area contributed by atoms with Crippen molar-refractivity contribution in [3.8, 4) is 0 Å². The smallest absolute Gasteiger partial charge is 0.404 e. The number of anilines is 1. The molecule has 3 rings (SSSR count). The maximum Gasteiger partial charge on any atom is 0.404 e. The Kier molecular flexibility index (Phi) is 4.86. The fraction of sp³-hybridized carbons (Fsp3) is 0.412. The van der Waals surface area contributed by atoms with Crippen molar-refractivity contribution >= 4 is 34.2 Å².